The third-order valence-corrected chi connectivity index (χ3v) is 4.58. The topological polar surface area (TPSA) is 39.5 Å². The van der Waals surface area contributed by atoms with Gasteiger partial charge in [-0.15, -0.1) is 0 Å². The zero-order chi connectivity index (χ0) is 16.8. The maximum absolute atomic E-state index is 5.85. The fraction of sp³-hybridized carbons (Fsp3) is 0.526. The summed E-state index contributed by atoms with van der Waals surface area (Å²) in [7, 11) is 1.70. The van der Waals surface area contributed by atoms with Gasteiger partial charge in [0, 0.05) is 39.0 Å². The average Bonchev–Trinajstić information content (AvgIpc) is 3.27. The SMILES string of the molecule is CCn1cncc1CN(Cc1ccc(OC)cc1)CC1CCCO1. The molecule has 130 valence electrons. The molecule has 0 aliphatic carbocycles. The van der Waals surface area contributed by atoms with Gasteiger partial charge in [-0.3, -0.25) is 4.90 Å². The van der Waals surface area contributed by atoms with Gasteiger partial charge in [0.2, 0.25) is 0 Å². The van der Waals surface area contributed by atoms with E-state index in [-0.39, 0.29) is 0 Å². The number of benzene rings is 1. The second-order valence-electron chi connectivity index (χ2n) is 6.32. The monoisotopic (exact) mass is 329 g/mol. The van der Waals surface area contributed by atoms with Crippen LogP contribution in [0.4, 0.5) is 0 Å². The molecule has 0 N–H and O–H groups in total. The van der Waals surface area contributed by atoms with E-state index in [1.54, 1.807) is 7.11 Å². The Hall–Kier alpha value is -1.85. The molecule has 2 aromatic rings. The predicted molar refractivity (Wildman–Crippen MR) is 94.0 cm³/mol. The van der Waals surface area contributed by atoms with Crippen LogP contribution in [0.15, 0.2) is 36.8 Å². The van der Waals surface area contributed by atoms with E-state index in [2.05, 4.69) is 33.5 Å². The summed E-state index contributed by atoms with van der Waals surface area (Å²) in [6.07, 6.45) is 6.56. The highest BCUT2D eigenvalue weighted by molar-refractivity contribution is 5.27. The van der Waals surface area contributed by atoms with E-state index < -0.39 is 0 Å². The highest BCUT2D eigenvalue weighted by atomic mass is 16.5. The lowest BCUT2D eigenvalue weighted by atomic mass is 10.1. The van der Waals surface area contributed by atoms with Gasteiger partial charge in [0.25, 0.3) is 0 Å². The number of aromatic nitrogens is 2. The molecule has 0 saturated carbocycles. The molecular weight excluding hydrogens is 302 g/mol. The third kappa shape index (κ3) is 4.36. The van der Waals surface area contributed by atoms with Crippen LogP contribution in [-0.2, 0) is 24.4 Å². The zero-order valence-electron chi connectivity index (χ0n) is 14.6. The summed E-state index contributed by atoms with van der Waals surface area (Å²) in [6.45, 7) is 6.75. The van der Waals surface area contributed by atoms with Crippen molar-refractivity contribution in [1.82, 2.24) is 14.5 Å². The number of ether oxygens (including phenoxy) is 2. The molecule has 1 unspecified atom stereocenters. The van der Waals surface area contributed by atoms with Crippen molar-refractivity contribution in [2.24, 2.45) is 0 Å². The Bertz CT molecular complexity index is 618. The quantitative estimate of drug-likeness (QED) is 0.746. The van der Waals surface area contributed by atoms with Crippen molar-refractivity contribution in [2.45, 2.75) is 45.5 Å². The molecule has 1 aliphatic rings. The lowest BCUT2D eigenvalue weighted by Gasteiger charge is -2.25. The molecule has 3 rings (SSSR count). The minimum atomic E-state index is 0.348. The number of nitrogens with zero attached hydrogens (tertiary/aromatic N) is 3. The van der Waals surface area contributed by atoms with Crippen molar-refractivity contribution in [3.05, 3.63) is 48.0 Å². The molecule has 1 aliphatic heterocycles. The first-order valence-electron chi connectivity index (χ1n) is 8.74. The van der Waals surface area contributed by atoms with Gasteiger partial charge in [0.1, 0.15) is 5.75 Å². The molecule has 0 amide bonds. The van der Waals surface area contributed by atoms with Crippen molar-refractivity contribution in [2.75, 3.05) is 20.3 Å². The van der Waals surface area contributed by atoms with Crippen LogP contribution in [0.25, 0.3) is 0 Å². The number of imidazole rings is 1. The molecule has 0 radical (unpaired) electrons. The van der Waals surface area contributed by atoms with Crippen LogP contribution in [0.3, 0.4) is 0 Å². The summed E-state index contributed by atoms with van der Waals surface area (Å²) >= 11 is 0. The number of methoxy groups -OCH3 is 1. The van der Waals surface area contributed by atoms with E-state index in [9.17, 15) is 0 Å². The van der Waals surface area contributed by atoms with Gasteiger partial charge in [-0.05, 0) is 37.5 Å². The van der Waals surface area contributed by atoms with E-state index in [4.69, 9.17) is 9.47 Å². The Morgan fingerprint density at radius 3 is 2.79 bits per heavy atom. The van der Waals surface area contributed by atoms with Crippen molar-refractivity contribution >= 4 is 0 Å². The van der Waals surface area contributed by atoms with Crippen LogP contribution >= 0.6 is 0 Å². The highest BCUT2D eigenvalue weighted by Crippen LogP contribution is 2.18. The number of rotatable bonds is 8. The maximum atomic E-state index is 5.85. The summed E-state index contributed by atoms with van der Waals surface area (Å²) < 4.78 is 13.3. The first-order chi connectivity index (χ1) is 11.8. The van der Waals surface area contributed by atoms with Crippen molar-refractivity contribution in [3.8, 4) is 5.75 Å². The molecule has 24 heavy (non-hydrogen) atoms. The Morgan fingerprint density at radius 2 is 2.12 bits per heavy atom. The molecule has 1 aromatic carbocycles. The standard InChI is InChI=1S/C19H27N3O2/c1-3-22-15-20-11-17(22)13-21(14-19-5-4-10-24-19)12-16-6-8-18(23-2)9-7-16/h6-9,11,15,19H,3-5,10,12-14H2,1-2H3. The maximum Gasteiger partial charge on any atom is 0.118 e. The number of aryl methyl sites for hydroxylation is 1. The second-order valence-corrected chi connectivity index (χ2v) is 6.32. The van der Waals surface area contributed by atoms with Crippen molar-refractivity contribution in [1.29, 1.82) is 0 Å². The van der Waals surface area contributed by atoms with Crippen LogP contribution in [0.1, 0.15) is 31.0 Å². The Kier molecular flexibility index (Phi) is 5.88. The second kappa shape index (κ2) is 8.31. The van der Waals surface area contributed by atoms with Crippen LogP contribution in [0.5, 0.6) is 5.75 Å². The molecule has 1 fully saturated rings. The number of hydrogen-bond acceptors (Lipinski definition) is 4. The number of hydrogen-bond donors (Lipinski definition) is 0. The summed E-state index contributed by atoms with van der Waals surface area (Å²) in [6, 6.07) is 8.32. The highest BCUT2D eigenvalue weighted by Gasteiger charge is 2.20. The van der Waals surface area contributed by atoms with Gasteiger partial charge in [-0.25, -0.2) is 4.98 Å². The zero-order valence-corrected chi connectivity index (χ0v) is 14.6. The van der Waals surface area contributed by atoms with Gasteiger partial charge in [0.15, 0.2) is 0 Å². The van der Waals surface area contributed by atoms with Gasteiger partial charge in [0.05, 0.1) is 25.2 Å². The van der Waals surface area contributed by atoms with E-state index in [1.165, 1.54) is 17.7 Å². The first-order valence-corrected chi connectivity index (χ1v) is 8.74. The van der Waals surface area contributed by atoms with E-state index >= 15 is 0 Å². The summed E-state index contributed by atoms with van der Waals surface area (Å²) in [5, 5.41) is 0. The summed E-state index contributed by atoms with van der Waals surface area (Å²) in [4.78, 5) is 6.76. The molecule has 1 atom stereocenters. The van der Waals surface area contributed by atoms with Gasteiger partial charge >= 0.3 is 0 Å². The Balaban J connectivity index is 1.70. The largest absolute Gasteiger partial charge is 0.497 e. The molecule has 1 aromatic heterocycles. The molecule has 0 spiro atoms. The van der Waals surface area contributed by atoms with Crippen LogP contribution in [0.2, 0.25) is 0 Å². The minimum absolute atomic E-state index is 0.348. The van der Waals surface area contributed by atoms with Gasteiger partial charge < -0.3 is 14.0 Å². The smallest absolute Gasteiger partial charge is 0.118 e. The third-order valence-electron chi connectivity index (χ3n) is 4.58. The van der Waals surface area contributed by atoms with Crippen molar-refractivity contribution < 1.29 is 9.47 Å². The molecule has 2 heterocycles. The summed E-state index contributed by atoms with van der Waals surface area (Å²) in [5.74, 6) is 0.897. The fourth-order valence-corrected chi connectivity index (χ4v) is 3.24. The van der Waals surface area contributed by atoms with Crippen molar-refractivity contribution in [3.63, 3.8) is 0 Å². The fourth-order valence-electron chi connectivity index (χ4n) is 3.24. The van der Waals surface area contributed by atoms with Gasteiger partial charge in [-0.1, -0.05) is 12.1 Å². The Labute approximate surface area is 144 Å². The van der Waals surface area contributed by atoms with E-state index in [1.807, 2.05) is 24.7 Å². The van der Waals surface area contributed by atoms with E-state index in [0.29, 0.717) is 6.10 Å². The summed E-state index contributed by atoms with van der Waals surface area (Å²) in [5.41, 5.74) is 2.54. The molecule has 1 saturated heterocycles. The predicted octanol–water partition coefficient (Wildman–Crippen LogP) is 3.09. The van der Waals surface area contributed by atoms with E-state index in [0.717, 1.165) is 45.0 Å². The van der Waals surface area contributed by atoms with Crippen LogP contribution in [0, 0.1) is 0 Å². The average molecular weight is 329 g/mol. The van der Waals surface area contributed by atoms with Crippen LogP contribution in [-0.4, -0.2) is 40.8 Å². The normalized spacial score (nSPS) is 17.5. The molecule has 5 heteroatoms. The first kappa shape index (κ1) is 17.0. The van der Waals surface area contributed by atoms with Gasteiger partial charge in [-0.2, -0.15) is 0 Å². The van der Waals surface area contributed by atoms with Crippen LogP contribution < -0.4 is 4.74 Å². The Morgan fingerprint density at radius 1 is 1.29 bits per heavy atom. The lowest BCUT2D eigenvalue weighted by molar-refractivity contribution is 0.0671. The molecular formula is C19H27N3O2. The minimum Gasteiger partial charge on any atom is -0.497 e. The molecule has 0 bridgehead atoms. The lowest BCUT2D eigenvalue weighted by Crippen LogP contribution is -2.32. The molecule has 5 nitrogen and oxygen atoms in total.